The number of aliphatic imine (C=N–C) groups is 1. The van der Waals surface area contributed by atoms with Gasteiger partial charge in [0, 0.05) is 23.7 Å². The molecule has 0 aliphatic rings. The molecule has 0 fully saturated rings. The standard InChI is InChI=1S/C15H13N3O3/c19-14(20)10-16-9-11-5-1-2-6-12(11)18-15(21)13-7-3-4-8-17-13/h1-9H,10H2,(H,18,21)(H,19,20). The first-order valence-electron chi connectivity index (χ1n) is 6.20. The average Bonchev–Trinajstić information content (AvgIpc) is 2.49. The van der Waals surface area contributed by atoms with Gasteiger partial charge in [0.05, 0.1) is 0 Å². The molecule has 0 saturated heterocycles. The third-order valence-electron chi connectivity index (χ3n) is 2.56. The van der Waals surface area contributed by atoms with Crippen LogP contribution in [0.4, 0.5) is 5.69 Å². The Morgan fingerprint density at radius 3 is 2.67 bits per heavy atom. The second kappa shape index (κ2) is 6.95. The van der Waals surface area contributed by atoms with Gasteiger partial charge in [-0.1, -0.05) is 24.3 Å². The summed E-state index contributed by atoms with van der Waals surface area (Å²) in [6.07, 6.45) is 2.96. The molecule has 106 valence electrons. The molecule has 6 nitrogen and oxygen atoms in total. The van der Waals surface area contributed by atoms with E-state index in [0.717, 1.165) is 0 Å². The highest BCUT2D eigenvalue weighted by Gasteiger charge is 2.08. The first kappa shape index (κ1) is 14.4. The molecule has 2 N–H and O–H groups in total. The summed E-state index contributed by atoms with van der Waals surface area (Å²) >= 11 is 0. The fraction of sp³-hybridized carbons (Fsp3) is 0.0667. The number of anilines is 1. The number of nitrogens with zero attached hydrogens (tertiary/aromatic N) is 2. The van der Waals surface area contributed by atoms with Gasteiger partial charge in [-0.25, -0.2) is 0 Å². The number of pyridine rings is 1. The van der Waals surface area contributed by atoms with E-state index in [9.17, 15) is 9.59 Å². The second-order valence-electron chi connectivity index (χ2n) is 4.12. The van der Waals surface area contributed by atoms with Crippen molar-refractivity contribution in [3.63, 3.8) is 0 Å². The number of aliphatic carboxylic acids is 1. The third-order valence-corrected chi connectivity index (χ3v) is 2.56. The molecule has 2 rings (SSSR count). The summed E-state index contributed by atoms with van der Waals surface area (Å²) in [6.45, 7) is -0.317. The minimum absolute atomic E-state index is 0.301. The molecule has 0 saturated carbocycles. The molecule has 21 heavy (non-hydrogen) atoms. The Hall–Kier alpha value is -3.02. The first-order valence-corrected chi connectivity index (χ1v) is 6.20. The lowest BCUT2D eigenvalue weighted by molar-refractivity contribution is -0.135. The molecule has 1 aromatic heterocycles. The lowest BCUT2D eigenvalue weighted by Crippen LogP contribution is -2.14. The van der Waals surface area contributed by atoms with Crippen molar-refractivity contribution in [3.05, 3.63) is 59.9 Å². The van der Waals surface area contributed by atoms with E-state index in [0.29, 0.717) is 16.9 Å². The number of carbonyl (C=O) groups is 2. The van der Waals surface area contributed by atoms with Crippen LogP contribution >= 0.6 is 0 Å². The topological polar surface area (TPSA) is 91.6 Å². The van der Waals surface area contributed by atoms with Gasteiger partial charge >= 0.3 is 5.97 Å². The van der Waals surface area contributed by atoms with Crippen molar-refractivity contribution in [1.82, 2.24) is 4.98 Å². The van der Waals surface area contributed by atoms with Crippen molar-refractivity contribution in [2.75, 3.05) is 11.9 Å². The molecule has 6 heteroatoms. The normalized spacial score (nSPS) is 10.5. The molecule has 0 aliphatic heterocycles. The van der Waals surface area contributed by atoms with Gasteiger partial charge in [0.2, 0.25) is 0 Å². The third kappa shape index (κ3) is 4.24. The van der Waals surface area contributed by atoms with Gasteiger partial charge in [-0.3, -0.25) is 19.6 Å². The molecule has 1 aromatic carbocycles. The van der Waals surface area contributed by atoms with Crippen molar-refractivity contribution in [3.8, 4) is 0 Å². The van der Waals surface area contributed by atoms with Gasteiger partial charge in [0.1, 0.15) is 12.2 Å². The van der Waals surface area contributed by atoms with Crippen LogP contribution in [0, 0.1) is 0 Å². The van der Waals surface area contributed by atoms with E-state index in [-0.39, 0.29) is 12.5 Å². The van der Waals surface area contributed by atoms with Crippen molar-refractivity contribution >= 4 is 23.8 Å². The quantitative estimate of drug-likeness (QED) is 0.819. The van der Waals surface area contributed by atoms with E-state index in [4.69, 9.17) is 5.11 Å². The van der Waals surface area contributed by atoms with Gasteiger partial charge in [0.25, 0.3) is 5.91 Å². The summed E-state index contributed by atoms with van der Waals surface area (Å²) in [6, 6.07) is 12.0. The molecule has 0 bridgehead atoms. The number of hydrogen-bond acceptors (Lipinski definition) is 4. The number of benzene rings is 1. The fourth-order valence-electron chi connectivity index (χ4n) is 1.63. The zero-order valence-electron chi connectivity index (χ0n) is 11.1. The number of aromatic nitrogens is 1. The van der Waals surface area contributed by atoms with Gasteiger partial charge in [-0.2, -0.15) is 0 Å². The number of carbonyl (C=O) groups excluding carboxylic acids is 1. The Morgan fingerprint density at radius 1 is 1.19 bits per heavy atom. The van der Waals surface area contributed by atoms with Gasteiger partial charge < -0.3 is 10.4 Å². The molecular weight excluding hydrogens is 270 g/mol. The van der Waals surface area contributed by atoms with Crippen molar-refractivity contribution in [1.29, 1.82) is 0 Å². The number of amides is 1. The molecule has 0 unspecified atom stereocenters. The van der Waals surface area contributed by atoms with Crippen molar-refractivity contribution in [2.24, 2.45) is 4.99 Å². The Morgan fingerprint density at radius 2 is 1.95 bits per heavy atom. The van der Waals surface area contributed by atoms with E-state index in [1.54, 1.807) is 42.5 Å². The molecule has 2 aromatic rings. The van der Waals surface area contributed by atoms with E-state index in [1.165, 1.54) is 12.4 Å². The lowest BCUT2D eigenvalue weighted by atomic mass is 10.2. The Bertz CT molecular complexity index is 669. The van der Waals surface area contributed by atoms with Crippen LogP contribution in [-0.4, -0.2) is 34.7 Å². The highest BCUT2D eigenvalue weighted by Crippen LogP contribution is 2.13. The van der Waals surface area contributed by atoms with Gasteiger partial charge in [-0.05, 0) is 18.2 Å². The fourth-order valence-corrected chi connectivity index (χ4v) is 1.63. The highest BCUT2D eigenvalue weighted by atomic mass is 16.4. The lowest BCUT2D eigenvalue weighted by Gasteiger charge is -2.07. The average molecular weight is 283 g/mol. The Labute approximate surface area is 121 Å². The largest absolute Gasteiger partial charge is 0.480 e. The van der Waals surface area contributed by atoms with Crippen LogP contribution in [0.1, 0.15) is 16.1 Å². The van der Waals surface area contributed by atoms with Crippen LogP contribution in [0.5, 0.6) is 0 Å². The first-order chi connectivity index (χ1) is 10.2. The monoisotopic (exact) mass is 283 g/mol. The van der Waals surface area contributed by atoms with Crippen LogP contribution in [0.25, 0.3) is 0 Å². The van der Waals surface area contributed by atoms with Crippen LogP contribution in [0.15, 0.2) is 53.7 Å². The summed E-state index contributed by atoms with van der Waals surface area (Å²) < 4.78 is 0. The predicted molar refractivity (Wildman–Crippen MR) is 78.7 cm³/mol. The van der Waals surface area contributed by atoms with Gasteiger partial charge in [-0.15, -0.1) is 0 Å². The molecule has 0 aliphatic carbocycles. The smallest absolute Gasteiger partial charge is 0.325 e. The number of rotatable bonds is 5. The van der Waals surface area contributed by atoms with E-state index in [1.807, 2.05) is 0 Å². The molecule has 0 radical (unpaired) electrons. The van der Waals surface area contributed by atoms with Crippen LogP contribution < -0.4 is 5.32 Å². The maximum atomic E-state index is 12.0. The molecule has 1 heterocycles. The van der Waals surface area contributed by atoms with Crippen LogP contribution in [0.2, 0.25) is 0 Å². The van der Waals surface area contributed by atoms with E-state index in [2.05, 4.69) is 15.3 Å². The minimum atomic E-state index is -1.01. The number of hydrogen-bond donors (Lipinski definition) is 2. The van der Waals surface area contributed by atoms with Crippen LogP contribution in [-0.2, 0) is 4.79 Å². The maximum Gasteiger partial charge on any atom is 0.325 e. The molecule has 0 spiro atoms. The predicted octanol–water partition coefficient (Wildman–Crippen LogP) is 1.84. The second-order valence-corrected chi connectivity index (χ2v) is 4.12. The summed E-state index contributed by atoms with van der Waals surface area (Å²) in [4.78, 5) is 30.2. The van der Waals surface area contributed by atoms with E-state index >= 15 is 0 Å². The van der Waals surface area contributed by atoms with Gasteiger partial charge in [0.15, 0.2) is 0 Å². The number of para-hydroxylation sites is 1. The summed E-state index contributed by atoms with van der Waals surface area (Å²) in [5.74, 6) is -1.35. The summed E-state index contributed by atoms with van der Waals surface area (Å²) in [7, 11) is 0. The zero-order valence-corrected chi connectivity index (χ0v) is 11.1. The summed E-state index contributed by atoms with van der Waals surface area (Å²) in [5, 5.41) is 11.3. The zero-order chi connectivity index (χ0) is 15.1. The van der Waals surface area contributed by atoms with Crippen molar-refractivity contribution in [2.45, 2.75) is 0 Å². The SMILES string of the molecule is O=C(O)CN=Cc1ccccc1NC(=O)c1ccccn1. The Balaban J connectivity index is 2.15. The Kier molecular flexibility index (Phi) is 4.76. The number of carboxylic acids is 1. The minimum Gasteiger partial charge on any atom is -0.480 e. The number of carboxylic acid groups (broad SMARTS) is 1. The maximum absolute atomic E-state index is 12.0. The number of nitrogens with one attached hydrogen (secondary N) is 1. The van der Waals surface area contributed by atoms with E-state index < -0.39 is 5.97 Å². The summed E-state index contributed by atoms with van der Waals surface area (Å²) in [5.41, 5.74) is 1.47. The molecule has 0 atom stereocenters. The highest BCUT2D eigenvalue weighted by molar-refractivity contribution is 6.05. The van der Waals surface area contributed by atoms with Crippen molar-refractivity contribution < 1.29 is 14.7 Å². The molecular formula is C15H13N3O3. The molecule has 1 amide bonds. The van der Waals surface area contributed by atoms with Crippen LogP contribution in [0.3, 0.4) is 0 Å².